The predicted molar refractivity (Wildman–Crippen MR) is 101 cm³/mol. The van der Waals surface area contributed by atoms with Gasteiger partial charge in [0.05, 0.1) is 20.5 Å². The number of pyridine rings is 1. The molecule has 1 saturated heterocycles. The minimum atomic E-state index is -4.45. The molecular weight excluding hydrogens is 438 g/mol. The molecule has 0 N–H and O–H groups in total. The van der Waals surface area contributed by atoms with E-state index in [1.807, 2.05) is 0 Å². The van der Waals surface area contributed by atoms with Crippen LogP contribution in [0.15, 0.2) is 41.4 Å². The minimum Gasteiger partial charge on any atom is -0.355 e. The van der Waals surface area contributed by atoms with Crippen LogP contribution < -0.4 is 4.90 Å². The molecule has 1 aliphatic heterocycles. The molecule has 2 aromatic rings. The summed E-state index contributed by atoms with van der Waals surface area (Å²) in [5, 5.41) is 0.407. The van der Waals surface area contributed by atoms with Crippen molar-refractivity contribution in [2.45, 2.75) is 17.5 Å². The number of hydrogen-bond donors (Lipinski definition) is 0. The second kappa shape index (κ2) is 8.06. The number of nitrogens with zero attached hydrogens (tertiary/aromatic N) is 3. The van der Waals surface area contributed by atoms with Gasteiger partial charge >= 0.3 is 6.18 Å². The molecule has 0 atom stereocenters. The van der Waals surface area contributed by atoms with Gasteiger partial charge in [0.15, 0.2) is 0 Å². The first-order valence-electron chi connectivity index (χ1n) is 8.32. The van der Waals surface area contributed by atoms with Gasteiger partial charge in [0.2, 0.25) is 10.0 Å². The molecular formula is C17H16Cl2F3N3O2S. The maximum Gasteiger partial charge on any atom is 0.417 e. The van der Waals surface area contributed by atoms with Crippen molar-refractivity contribution in [1.82, 2.24) is 9.29 Å². The van der Waals surface area contributed by atoms with Crippen LogP contribution in [0.1, 0.15) is 12.0 Å². The van der Waals surface area contributed by atoms with E-state index in [0.29, 0.717) is 25.3 Å². The Morgan fingerprint density at radius 2 is 1.71 bits per heavy atom. The fourth-order valence-corrected chi connectivity index (χ4v) is 4.75. The van der Waals surface area contributed by atoms with Gasteiger partial charge in [-0.05, 0) is 36.8 Å². The smallest absolute Gasteiger partial charge is 0.355 e. The summed E-state index contributed by atoms with van der Waals surface area (Å²) in [7, 11) is -3.76. The largest absolute Gasteiger partial charge is 0.417 e. The van der Waals surface area contributed by atoms with E-state index < -0.39 is 21.8 Å². The van der Waals surface area contributed by atoms with Crippen LogP contribution >= 0.6 is 23.2 Å². The highest BCUT2D eigenvalue weighted by atomic mass is 35.5. The number of anilines is 1. The molecule has 1 aliphatic rings. The summed E-state index contributed by atoms with van der Waals surface area (Å²) >= 11 is 11.8. The first-order valence-corrected chi connectivity index (χ1v) is 10.5. The predicted octanol–water partition coefficient (Wildman–Crippen LogP) is 4.31. The van der Waals surface area contributed by atoms with E-state index in [2.05, 4.69) is 4.98 Å². The Morgan fingerprint density at radius 1 is 0.964 bits per heavy atom. The van der Waals surface area contributed by atoms with Gasteiger partial charge in [-0.3, -0.25) is 0 Å². The third-order valence-electron chi connectivity index (χ3n) is 4.38. The van der Waals surface area contributed by atoms with Crippen LogP contribution in [-0.4, -0.2) is 43.9 Å². The first-order chi connectivity index (χ1) is 13.1. The van der Waals surface area contributed by atoms with Crippen LogP contribution in [0.3, 0.4) is 0 Å². The maximum atomic E-state index is 12.9. The molecule has 11 heteroatoms. The van der Waals surface area contributed by atoms with E-state index in [1.54, 1.807) is 4.90 Å². The Hall–Kier alpha value is -1.55. The fourth-order valence-electron chi connectivity index (χ4n) is 2.89. The SMILES string of the molecule is O=S(=O)(c1ccc(Cl)c(Cl)c1)N1CCCN(c2ccc(C(F)(F)F)cn2)CC1. The molecule has 0 aliphatic carbocycles. The molecule has 152 valence electrons. The van der Waals surface area contributed by atoms with Crippen LogP contribution in [-0.2, 0) is 16.2 Å². The van der Waals surface area contributed by atoms with Gasteiger partial charge in [-0.25, -0.2) is 13.4 Å². The third-order valence-corrected chi connectivity index (χ3v) is 7.02. The summed E-state index contributed by atoms with van der Waals surface area (Å²) in [6.07, 6.45) is -3.16. The van der Waals surface area contributed by atoms with Gasteiger partial charge in [-0.1, -0.05) is 23.2 Å². The van der Waals surface area contributed by atoms with Crippen LogP contribution in [0, 0.1) is 0 Å². The van der Waals surface area contributed by atoms with E-state index in [-0.39, 0.29) is 28.0 Å². The maximum absolute atomic E-state index is 12.9. The minimum absolute atomic E-state index is 0.0444. The lowest BCUT2D eigenvalue weighted by Crippen LogP contribution is -2.35. The lowest BCUT2D eigenvalue weighted by molar-refractivity contribution is -0.137. The van der Waals surface area contributed by atoms with Crippen molar-refractivity contribution in [3.63, 3.8) is 0 Å². The Morgan fingerprint density at radius 3 is 2.32 bits per heavy atom. The average Bonchev–Trinajstić information content (AvgIpc) is 2.90. The molecule has 0 spiro atoms. The molecule has 0 bridgehead atoms. The third kappa shape index (κ3) is 4.53. The van der Waals surface area contributed by atoms with Crippen molar-refractivity contribution in [2.24, 2.45) is 0 Å². The highest BCUT2D eigenvalue weighted by molar-refractivity contribution is 7.89. The van der Waals surface area contributed by atoms with Crippen LogP contribution in [0.5, 0.6) is 0 Å². The molecule has 28 heavy (non-hydrogen) atoms. The van der Waals surface area contributed by atoms with Crippen molar-refractivity contribution < 1.29 is 21.6 Å². The van der Waals surface area contributed by atoms with E-state index in [0.717, 1.165) is 12.3 Å². The highest BCUT2D eigenvalue weighted by Gasteiger charge is 2.31. The molecule has 0 saturated carbocycles. The van der Waals surface area contributed by atoms with Crippen molar-refractivity contribution in [1.29, 1.82) is 0 Å². The van der Waals surface area contributed by atoms with Crippen molar-refractivity contribution in [3.05, 3.63) is 52.1 Å². The summed E-state index contributed by atoms with van der Waals surface area (Å²) in [5.41, 5.74) is -0.824. The molecule has 5 nitrogen and oxygen atoms in total. The molecule has 3 rings (SSSR count). The molecule has 1 fully saturated rings. The first kappa shape index (κ1) is 21.2. The zero-order valence-corrected chi connectivity index (χ0v) is 16.8. The topological polar surface area (TPSA) is 53.5 Å². The van der Waals surface area contributed by atoms with Crippen LogP contribution in [0.25, 0.3) is 0 Å². The summed E-state index contributed by atoms with van der Waals surface area (Å²) in [5.74, 6) is 0.377. The number of aromatic nitrogens is 1. The van der Waals surface area contributed by atoms with E-state index in [4.69, 9.17) is 23.2 Å². The van der Waals surface area contributed by atoms with Crippen molar-refractivity contribution in [3.8, 4) is 0 Å². The normalized spacial score (nSPS) is 16.8. The summed E-state index contributed by atoms with van der Waals surface area (Å²) in [4.78, 5) is 5.70. The molecule has 0 radical (unpaired) electrons. The molecule has 2 heterocycles. The van der Waals surface area contributed by atoms with Crippen molar-refractivity contribution in [2.75, 3.05) is 31.1 Å². The quantitative estimate of drug-likeness (QED) is 0.694. The lowest BCUT2D eigenvalue weighted by Gasteiger charge is -2.23. The monoisotopic (exact) mass is 453 g/mol. The van der Waals surface area contributed by atoms with Gasteiger partial charge in [0.25, 0.3) is 0 Å². The van der Waals surface area contributed by atoms with Gasteiger partial charge in [-0.15, -0.1) is 0 Å². The standard InChI is InChI=1S/C17H16Cl2F3N3O2S/c18-14-4-3-13(10-15(14)19)28(26,27)25-7-1-6-24(8-9-25)16-5-2-12(11-23-16)17(20,21)22/h2-5,10-11H,1,6-9H2. The second-order valence-electron chi connectivity index (χ2n) is 6.22. The van der Waals surface area contributed by atoms with Gasteiger partial charge in [0, 0.05) is 32.4 Å². The summed E-state index contributed by atoms with van der Waals surface area (Å²) in [6, 6.07) is 6.39. The number of sulfonamides is 1. The van der Waals surface area contributed by atoms with Gasteiger partial charge in [0.1, 0.15) is 5.82 Å². The summed E-state index contributed by atoms with van der Waals surface area (Å²) in [6.45, 7) is 1.23. The molecule has 0 amide bonds. The van der Waals surface area contributed by atoms with Gasteiger partial charge in [-0.2, -0.15) is 17.5 Å². The second-order valence-corrected chi connectivity index (χ2v) is 8.98. The van der Waals surface area contributed by atoms with E-state index >= 15 is 0 Å². The number of benzene rings is 1. The number of alkyl halides is 3. The molecule has 1 aromatic carbocycles. The van der Waals surface area contributed by atoms with E-state index in [9.17, 15) is 21.6 Å². The zero-order chi connectivity index (χ0) is 20.5. The van der Waals surface area contributed by atoms with E-state index in [1.165, 1.54) is 28.6 Å². The molecule has 1 aromatic heterocycles. The molecule has 0 unspecified atom stereocenters. The lowest BCUT2D eigenvalue weighted by atomic mass is 10.2. The van der Waals surface area contributed by atoms with Gasteiger partial charge < -0.3 is 4.90 Å². The summed E-state index contributed by atoms with van der Waals surface area (Å²) < 4.78 is 65.1. The number of halogens is 5. The fraction of sp³-hybridized carbons (Fsp3) is 0.353. The van der Waals surface area contributed by atoms with Crippen molar-refractivity contribution >= 4 is 39.0 Å². The Kier molecular flexibility index (Phi) is 6.09. The highest BCUT2D eigenvalue weighted by Crippen LogP contribution is 2.30. The number of rotatable bonds is 3. The zero-order valence-electron chi connectivity index (χ0n) is 14.5. The number of hydrogen-bond acceptors (Lipinski definition) is 4. The van der Waals surface area contributed by atoms with Crippen LogP contribution in [0.4, 0.5) is 19.0 Å². The Bertz CT molecular complexity index is 953. The Labute approximate surface area is 170 Å². The Balaban J connectivity index is 1.75. The average molecular weight is 454 g/mol. The van der Waals surface area contributed by atoms with Crippen LogP contribution in [0.2, 0.25) is 10.0 Å².